The van der Waals surface area contributed by atoms with Gasteiger partial charge >= 0.3 is 0 Å². The second-order valence-electron chi connectivity index (χ2n) is 3.29. The molecular formula is C10H12N2O2S. The van der Waals surface area contributed by atoms with Gasteiger partial charge in [0.1, 0.15) is 0 Å². The Balaban J connectivity index is 2.11. The van der Waals surface area contributed by atoms with Gasteiger partial charge in [-0.25, -0.2) is 0 Å². The lowest BCUT2D eigenvalue weighted by Gasteiger charge is -2.06. The van der Waals surface area contributed by atoms with Crippen molar-refractivity contribution in [1.29, 1.82) is 0 Å². The molecule has 0 fully saturated rings. The highest BCUT2D eigenvalue weighted by atomic mass is 32.1. The minimum atomic E-state index is -0.530. The maximum Gasteiger partial charge on any atom is 0.0958 e. The maximum atomic E-state index is 9.98. The van der Waals surface area contributed by atoms with Crippen LogP contribution in [0.15, 0.2) is 23.0 Å². The lowest BCUT2D eigenvalue weighted by Crippen LogP contribution is -2.01. The van der Waals surface area contributed by atoms with Crippen molar-refractivity contribution in [3.63, 3.8) is 0 Å². The van der Waals surface area contributed by atoms with Crippen LogP contribution in [-0.4, -0.2) is 14.7 Å². The molecule has 15 heavy (non-hydrogen) atoms. The third kappa shape index (κ3) is 2.24. The SMILES string of the molecule is CCc1nnsc1C(O)Cc1ccoc1. The first-order valence-electron chi connectivity index (χ1n) is 4.81. The molecule has 1 N–H and O–H groups in total. The zero-order valence-corrected chi connectivity index (χ0v) is 9.20. The maximum absolute atomic E-state index is 9.98. The first-order valence-corrected chi connectivity index (χ1v) is 5.59. The third-order valence-electron chi connectivity index (χ3n) is 2.23. The Labute approximate surface area is 91.7 Å². The van der Waals surface area contributed by atoms with Gasteiger partial charge in [0, 0.05) is 6.42 Å². The van der Waals surface area contributed by atoms with Gasteiger partial charge in [-0.05, 0) is 29.6 Å². The molecule has 0 aliphatic rings. The molecule has 80 valence electrons. The molecule has 4 nitrogen and oxygen atoms in total. The molecule has 0 saturated carbocycles. The van der Waals surface area contributed by atoms with Crippen LogP contribution in [0.25, 0.3) is 0 Å². The number of furan rings is 1. The minimum Gasteiger partial charge on any atom is -0.472 e. The van der Waals surface area contributed by atoms with E-state index < -0.39 is 6.10 Å². The second kappa shape index (κ2) is 4.55. The molecule has 2 rings (SSSR count). The normalized spacial score (nSPS) is 12.9. The van der Waals surface area contributed by atoms with E-state index in [1.807, 2.05) is 13.0 Å². The number of aliphatic hydroxyl groups excluding tert-OH is 1. The number of hydrogen-bond donors (Lipinski definition) is 1. The minimum absolute atomic E-state index is 0.530. The van der Waals surface area contributed by atoms with E-state index in [1.165, 1.54) is 11.5 Å². The Morgan fingerprint density at radius 2 is 2.47 bits per heavy atom. The fourth-order valence-corrected chi connectivity index (χ4v) is 2.16. The fourth-order valence-electron chi connectivity index (χ4n) is 1.44. The molecule has 1 unspecified atom stereocenters. The van der Waals surface area contributed by atoms with Crippen molar-refractivity contribution in [2.24, 2.45) is 0 Å². The van der Waals surface area contributed by atoms with Crippen LogP contribution in [0.2, 0.25) is 0 Å². The Morgan fingerprint density at radius 1 is 1.60 bits per heavy atom. The highest BCUT2D eigenvalue weighted by Gasteiger charge is 2.16. The van der Waals surface area contributed by atoms with Crippen LogP contribution in [0, 0.1) is 0 Å². The smallest absolute Gasteiger partial charge is 0.0958 e. The number of rotatable bonds is 4. The average molecular weight is 224 g/mol. The van der Waals surface area contributed by atoms with Crippen molar-refractivity contribution >= 4 is 11.5 Å². The van der Waals surface area contributed by atoms with E-state index in [2.05, 4.69) is 9.59 Å². The van der Waals surface area contributed by atoms with E-state index in [0.29, 0.717) is 6.42 Å². The lowest BCUT2D eigenvalue weighted by molar-refractivity contribution is 0.181. The van der Waals surface area contributed by atoms with Crippen LogP contribution in [-0.2, 0) is 12.8 Å². The molecule has 0 spiro atoms. The van der Waals surface area contributed by atoms with Gasteiger partial charge in [-0.2, -0.15) is 0 Å². The summed E-state index contributed by atoms with van der Waals surface area (Å²) in [6.07, 6.45) is 4.07. The van der Waals surface area contributed by atoms with E-state index in [4.69, 9.17) is 4.42 Å². The van der Waals surface area contributed by atoms with E-state index in [9.17, 15) is 5.11 Å². The number of aliphatic hydroxyl groups is 1. The molecule has 2 heterocycles. The van der Waals surface area contributed by atoms with E-state index in [0.717, 1.165) is 22.6 Å². The summed E-state index contributed by atoms with van der Waals surface area (Å²) in [6.45, 7) is 2.00. The molecule has 0 saturated heterocycles. The van der Waals surface area contributed by atoms with Crippen LogP contribution in [0.1, 0.15) is 29.2 Å². The molecule has 1 atom stereocenters. The van der Waals surface area contributed by atoms with Crippen LogP contribution in [0.4, 0.5) is 0 Å². The van der Waals surface area contributed by atoms with Crippen molar-refractivity contribution in [3.05, 3.63) is 34.7 Å². The standard InChI is InChI=1S/C10H12N2O2S/c1-2-8-10(15-12-11-8)9(13)5-7-3-4-14-6-7/h3-4,6,9,13H,2,5H2,1H3. The summed E-state index contributed by atoms with van der Waals surface area (Å²) in [5.41, 5.74) is 1.87. The van der Waals surface area contributed by atoms with Gasteiger partial charge in [0.2, 0.25) is 0 Å². The van der Waals surface area contributed by atoms with Crippen LogP contribution >= 0.6 is 11.5 Å². The highest BCUT2D eigenvalue weighted by Crippen LogP contribution is 2.24. The van der Waals surface area contributed by atoms with E-state index >= 15 is 0 Å². The summed E-state index contributed by atoms with van der Waals surface area (Å²) in [6, 6.07) is 1.85. The molecular weight excluding hydrogens is 212 g/mol. The quantitative estimate of drug-likeness (QED) is 0.862. The molecule has 0 bridgehead atoms. The number of hydrogen-bond acceptors (Lipinski definition) is 5. The third-order valence-corrected chi connectivity index (χ3v) is 3.10. The average Bonchev–Trinajstić information content (AvgIpc) is 2.86. The van der Waals surface area contributed by atoms with Crippen LogP contribution in [0.3, 0.4) is 0 Å². The monoisotopic (exact) mass is 224 g/mol. The fraction of sp³-hybridized carbons (Fsp3) is 0.400. The Kier molecular flexibility index (Phi) is 3.13. The van der Waals surface area contributed by atoms with E-state index in [-0.39, 0.29) is 0 Å². The summed E-state index contributed by atoms with van der Waals surface area (Å²) in [4.78, 5) is 0.860. The summed E-state index contributed by atoms with van der Waals surface area (Å²) in [5.74, 6) is 0. The Hall–Kier alpha value is -1.20. The molecule has 2 aromatic rings. The molecule has 2 aromatic heterocycles. The van der Waals surface area contributed by atoms with Gasteiger partial charge in [-0.1, -0.05) is 11.4 Å². The molecule has 0 amide bonds. The molecule has 0 aromatic carbocycles. The van der Waals surface area contributed by atoms with Crippen molar-refractivity contribution in [3.8, 4) is 0 Å². The number of aromatic nitrogens is 2. The number of nitrogens with zero attached hydrogens (tertiary/aromatic N) is 2. The van der Waals surface area contributed by atoms with Crippen LogP contribution < -0.4 is 0 Å². The van der Waals surface area contributed by atoms with Gasteiger partial charge in [-0.15, -0.1) is 5.10 Å². The first kappa shape index (κ1) is 10.3. The van der Waals surface area contributed by atoms with Crippen molar-refractivity contribution < 1.29 is 9.52 Å². The Morgan fingerprint density at radius 3 is 3.13 bits per heavy atom. The van der Waals surface area contributed by atoms with Gasteiger partial charge in [0.25, 0.3) is 0 Å². The Bertz CT molecular complexity index is 411. The van der Waals surface area contributed by atoms with Gasteiger partial charge < -0.3 is 9.52 Å². The topological polar surface area (TPSA) is 59.2 Å². The van der Waals surface area contributed by atoms with Gasteiger partial charge in [0.15, 0.2) is 0 Å². The lowest BCUT2D eigenvalue weighted by atomic mass is 10.1. The highest BCUT2D eigenvalue weighted by molar-refractivity contribution is 7.05. The van der Waals surface area contributed by atoms with Crippen molar-refractivity contribution in [1.82, 2.24) is 9.59 Å². The van der Waals surface area contributed by atoms with Gasteiger partial charge in [-0.3, -0.25) is 0 Å². The van der Waals surface area contributed by atoms with Crippen LogP contribution in [0.5, 0.6) is 0 Å². The van der Waals surface area contributed by atoms with Gasteiger partial charge in [0.05, 0.1) is 29.2 Å². The summed E-state index contributed by atoms with van der Waals surface area (Å²) < 4.78 is 8.80. The predicted molar refractivity (Wildman–Crippen MR) is 56.7 cm³/mol. The molecule has 0 radical (unpaired) electrons. The molecule has 0 aliphatic carbocycles. The predicted octanol–water partition coefficient (Wildman–Crippen LogP) is 1.97. The first-order chi connectivity index (χ1) is 7.31. The zero-order valence-electron chi connectivity index (χ0n) is 8.38. The second-order valence-corrected chi connectivity index (χ2v) is 4.07. The van der Waals surface area contributed by atoms with Crippen molar-refractivity contribution in [2.75, 3.05) is 0 Å². The summed E-state index contributed by atoms with van der Waals surface area (Å²) >= 11 is 1.26. The number of aryl methyl sites for hydroxylation is 1. The largest absolute Gasteiger partial charge is 0.472 e. The summed E-state index contributed by atoms with van der Waals surface area (Å²) in [5, 5.41) is 14.0. The van der Waals surface area contributed by atoms with E-state index in [1.54, 1.807) is 12.5 Å². The zero-order chi connectivity index (χ0) is 10.7. The van der Waals surface area contributed by atoms with Crippen molar-refractivity contribution in [2.45, 2.75) is 25.9 Å². The summed E-state index contributed by atoms with van der Waals surface area (Å²) in [7, 11) is 0. The molecule has 0 aliphatic heterocycles. The molecule has 5 heteroatoms.